The molecule has 7 aromatic rings. The highest BCUT2D eigenvalue weighted by Gasteiger charge is 2.55. The van der Waals surface area contributed by atoms with Crippen LogP contribution in [0.5, 0.6) is 0 Å². The highest BCUT2D eigenvalue weighted by atomic mass is 16.8. The van der Waals surface area contributed by atoms with E-state index >= 15 is 0 Å². The van der Waals surface area contributed by atoms with Gasteiger partial charge in [-0.3, -0.25) is 9.59 Å². The van der Waals surface area contributed by atoms with E-state index in [9.17, 15) is 9.59 Å². The van der Waals surface area contributed by atoms with Gasteiger partial charge >= 0.3 is 11.9 Å². The lowest BCUT2D eigenvalue weighted by molar-refractivity contribution is -0.356. The van der Waals surface area contributed by atoms with E-state index in [2.05, 4.69) is 0 Å². The van der Waals surface area contributed by atoms with Crippen molar-refractivity contribution in [3.05, 3.63) is 264 Å². The van der Waals surface area contributed by atoms with E-state index in [1.54, 1.807) is 53.9 Å². The number of hydrogen-bond donors (Lipinski definition) is 0. The molecule has 0 radical (unpaired) electrons. The fourth-order valence-electron chi connectivity index (χ4n) is 10.9. The monoisotopic (exact) mass is 1270 g/mol. The number of hydrogen-bond acceptors (Lipinski definition) is 16. The lowest BCUT2D eigenvalue weighted by atomic mass is 9.94. The summed E-state index contributed by atoms with van der Waals surface area (Å²) in [6.45, 7) is 11.7. The third-order valence-electron chi connectivity index (χ3n) is 16.0. The van der Waals surface area contributed by atoms with Crippen LogP contribution in [-0.2, 0) is 122 Å². The largest absolute Gasteiger partial charge is 0.493 e. The maximum Gasteiger partial charge on any atom is 0.311 e. The van der Waals surface area contributed by atoms with Crippen molar-refractivity contribution in [1.29, 1.82) is 0 Å². The summed E-state index contributed by atoms with van der Waals surface area (Å²) in [4.78, 5) is 29.2. The van der Waals surface area contributed by atoms with E-state index in [4.69, 9.17) is 66.3 Å². The van der Waals surface area contributed by atoms with Crippen molar-refractivity contribution in [3.8, 4) is 0 Å². The second-order valence-electron chi connectivity index (χ2n) is 25.6. The van der Waals surface area contributed by atoms with Crippen molar-refractivity contribution in [3.63, 3.8) is 0 Å². The van der Waals surface area contributed by atoms with Gasteiger partial charge in [0, 0.05) is 0 Å². The smallest absolute Gasteiger partial charge is 0.311 e. The second kappa shape index (κ2) is 34.1. The minimum atomic E-state index is -1.42. The Balaban J connectivity index is 1.05. The van der Waals surface area contributed by atoms with Gasteiger partial charge in [0.2, 0.25) is 0 Å². The molecule has 3 heterocycles. The van der Waals surface area contributed by atoms with E-state index < -0.39 is 102 Å². The van der Waals surface area contributed by atoms with Crippen LogP contribution in [0.4, 0.5) is 0 Å². The van der Waals surface area contributed by atoms with E-state index in [-0.39, 0.29) is 59.5 Å². The Kier molecular flexibility index (Phi) is 25.1. The van der Waals surface area contributed by atoms with Gasteiger partial charge in [-0.2, -0.15) is 0 Å². The van der Waals surface area contributed by atoms with Crippen molar-refractivity contribution in [2.45, 2.75) is 168 Å². The predicted octanol–water partition coefficient (Wildman–Crippen LogP) is 13.0. The topological polar surface area (TPSA) is 163 Å². The van der Waals surface area contributed by atoms with Crippen LogP contribution in [0.2, 0.25) is 0 Å². The van der Waals surface area contributed by atoms with Crippen LogP contribution in [0.1, 0.15) is 80.5 Å². The first kappa shape index (κ1) is 68.4. The molecule has 3 aliphatic rings. The lowest BCUT2D eigenvalue weighted by Gasteiger charge is -2.49. The molecule has 7 aromatic carbocycles. The Morgan fingerprint density at radius 2 is 0.645 bits per heavy atom. The number of benzene rings is 7. The van der Waals surface area contributed by atoms with Crippen molar-refractivity contribution in [2.24, 2.45) is 10.8 Å². The van der Waals surface area contributed by atoms with Crippen LogP contribution in [0, 0.1) is 10.8 Å². The molecule has 0 N–H and O–H groups in total. The zero-order valence-electron chi connectivity index (χ0n) is 54.0. The average Bonchev–Trinajstić information content (AvgIpc) is 0.833. The fraction of sp³-hybridized carbons (Fsp3) is 0.403. The number of rotatable bonds is 30. The predicted molar refractivity (Wildman–Crippen MR) is 348 cm³/mol. The summed E-state index contributed by atoms with van der Waals surface area (Å²) in [5.74, 6) is -1.07. The first-order valence-electron chi connectivity index (χ1n) is 32.0. The molecule has 2 fully saturated rings. The average molecular weight is 1270 g/mol. The zero-order valence-corrected chi connectivity index (χ0v) is 54.0. The van der Waals surface area contributed by atoms with Crippen LogP contribution < -0.4 is 0 Å². The molecule has 13 atom stereocenters. The molecule has 0 spiro atoms. The van der Waals surface area contributed by atoms with E-state index in [0.717, 1.165) is 38.9 Å². The molecule has 0 aromatic heterocycles. The van der Waals surface area contributed by atoms with Gasteiger partial charge in [-0.25, -0.2) is 0 Å². The molecule has 3 aliphatic heterocycles. The summed E-state index contributed by atoms with van der Waals surface area (Å²) in [5.41, 5.74) is 4.37. The molecule has 492 valence electrons. The van der Waals surface area contributed by atoms with Gasteiger partial charge in [-0.1, -0.05) is 212 Å². The van der Waals surface area contributed by atoms with Crippen LogP contribution in [0.25, 0.3) is 0 Å². The Hall–Kier alpha value is -7.42. The molecular formula is C77H88O16. The number of carbonyl (C=O) groups excluding carboxylic acids is 2. The van der Waals surface area contributed by atoms with Gasteiger partial charge < -0.3 is 66.3 Å². The molecular weight excluding hydrogens is 1180 g/mol. The fourth-order valence-corrected chi connectivity index (χ4v) is 10.9. The second-order valence-corrected chi connectivity index (χ2v) is 25.6. The third-order valence-corrected chi connectivity index (χ3v) is 16.0. The minimum absolute atomic E-state index is 0.0237. The normalized spacial score (nSPS) is 24.8. The van der Waals surface area contributed by atoms with Gasteiger partial charge in [0.15, 0.2) is 30.9 Å². The van der Waals surface area contributed by atoms with Crippen LogP contribution in [0.3, 0.4) is 0 Å². The molecule has 10 rings (SSSR count). The van der Waals surface area contributed by atoms with Gasteiger partial charge in [0.05, 0.1) is 83.2 Å². The summed E-state index contributed by atoms with van der Waals surface area (Å²) in [7, 11) is 0. The van der Waals surface area contributed by atoms with Gasteiger partial charge in [0.1, 0.15) is 48.8 Å². The quantitative estimate of drug-likeness (QED) is 0.0390. The van der Waals surface area contributed by atoms with Crippen LogP contribution in [0.15, 0.2) is 225 Å². The molecule has 16 heteroatoms. The van der Waals surface area contributed by atoms with Gasteiger partial charge in [-0.05, 0) is 86.6 Å². The molecule has 0 bridgehead atoms. The molecule has 0 amide bonds. The first-order chi connectivity index (χ1) is 45.2. The van der Waals surface area contributed by atoms with Crippen molar-refractivity contribution >= 4 is 11.9 Å². The first-order valence-corrected chi connectivity index (χ1v) is 32.0. The maximum absolute atomic E-state index is 14.6. The Labute approximate surface area is 547 Å². The van der Waals surface area contributed by atoms with E-state index in [1.165, 1.54) is 0 Å². The molecule has 0 saturated carbocycles. The summed E-state index contributed by atoms with van der Waals surface area (Å²) < 4.78 is 96.5. The summed E-state index contributed by atoms with van der Waals surface area (Å²) >= 11 is 0. The highest BCUT2D eigenvalue weighted by Crippen LogP contribution is 2.38. The van der Waals surface area contributed by atoms with Crippen LogP contribution in [-0.4, -0.2) is 111 Å². The minimum Gasteiger partial charge on any atom is -0.493 e. The molecule has 0 aliphatic carbocycles. The molecule has 2 saturated heterocycles. The molecule has 16 nitrogen and oxygen atoms in total. The van der Waals surface area contributed by atoms with Crippen LogP contribution >= 0.6 is 0 Å². The standard InChI is InChI=1S/C77H88O16/c1-76(2,3)74(78)92-70-68(86-49-59-38-24-12-25-39-59)66(84-47-57-34-20-10-21-35-57)63(52-81-45-55-30-16-8-17-31-55)89-72(70)88-53-64-67(85-48-58-36-22-11-23-37-58)69(87-50-60-40-26-13-27-41-60)71(93-75(79)77(4,5)6)73(90-64)91-65-61(83-46-56-32-18-9-19-33-56)42-43-82-62(65)51-80-44-54-28-14-7-15-29-54/h7-43,61-73H,44-53H2,1-6H3/t61?,62?,63?,64?,65-,66+,67+,68?,69?,70-,71+,72+,73+/m0/s1. The van der Waals surface area contributed by atoms with Gasteiger partial charge in [0.25, 0.3) is 0 Å². The number of ether oxygens (including phenoxy) is 14. The number of esters is 2. The number of carbonyl (C=O) groups is 2. The van der Waals surface area contributed by atoms with E-state index in [0.29, 0.717) is 6.61 Å². The summed E-state index contributed by atoms with van der Waals surface area (Å²) in [5, 5.41) is 0. The SMILES string of the molecule is CC(C)(C)C(=O)O[C@@H]1C(OCc2ccccc2)[C@H](OCc2ccccc2)C(CO[C@@H]2OC(COCc3ccccc3)[C@@H](OCc3ccccc3)C(OCc3ccccc3)[C@@H]2OC(=O)C(C)(C)C)O[C@@H]1O[C@H]1C(OCc2ccccc2)C=COC1COCc1ccccc1. The maximum atomic E-state index is 14.6. The lowest BCUT2D eigenvalue weighted by Crippen LogP contribution is -2.65. The van der Waals surface area contributed by atoms with Crippen molar-refractivity contribution in [2.75, 3.05) is 19.8 Å². The highest BCUT2D eigenvalue weighted by molar-refractivity contribution is 5.76. The third kappa shape index (κ3) is 20.3. The van der Waals surface area contributed by atoms with Crippen molar-refractivity contribution < 1.29 is 75.9 Å². The zero-order chi connectivity index (χ0) is 64.8. The Morgan fingerprint density at radius 3 is 1.02 bits per heavy atom. The molecule has 93 heavy (non-hydrogen) atoms. The summed E-state index contributed by atoms with van der Waals surface area (Å²) in [6, 6.07) is 68.5. The van der Waals surface area contributed by atoms with Gasteiger partial charge in [-0.15, -0.1) is 0 Å². The molecule has 6 unspecified atom stereocenters. The Bertz CT molecular complexity index is 3310. The Morgan fingerprint density at radius 1 is 0.333 bits per heavy atom. The summed E-state index contributed by atoms with van der Waals surface area (Å²) in [6.07, 6.45) is -10.4. The van der Waals surface area contributed by atoms with E-state index in [1.807, 2.05) is 212 Å². The van der Waals surface area contributed by atoms with Crippen molar-refractivity contribution in [1.82, 2.24) is 0 Å².